The first-order valence-corrected chi connectivity index (χ1v) is 20.1. The number of aliphatic hydroxyl groups is 1. The number of carboxylic acids is 2. The number of carbonyl (C=O) groups is 3. The van der Waals surface area contributed by atoms with Gasteiger partial charge in [-0.15, -0.1) is 4.33 Å². The summed E-state index contributed by atoms with van der Waals surface area (Å²) in [5, 5.41) is 45.5. The zero-order chi connectivity index (χ0) is 39.2. The number of nitrogens with zero attached hydrogens (tertiary/aromatic N) is 2. The molecule has 5 atom stereocenters. The molecule has 288 valence electrons. The van der Waals surface area contributed by atoms with E-state index in [4.69, 9.17) is 5.26 Å². The van der Waals surface area contributed by atoms with Crippen molar-refractivity contribution in [3.05, 3.63) is 82.4 Å². The largest absolute Gasteiger partial charge is 0.510 e. The summed E-state index contributed by atoms with van der Waals surface area (Å²) < 4.78 is 38.8. The van der Waals surface area contributed by atoms with Gasteiger partial charge in [0.05, 0.1) is 46.4 Å². The predicted octanol–water partition coefficient (Wildman–Crippen LogP) is 6.31. The van der Waals surface area contributed by atoms with Crippen molar-refractivity contribution in [2.45, 2.75) is 98.9 Å². The lowest BCUT2D eigenvalue weighted by molar-refractivity contribution is -0.432. The van der Waals surface area contributed by atoms with E-state index in [1.54, 1.807) is 24.3 Å². The van der Waals surface area contributed by atoms with Crippen LogP contribution in [-0.4, -0.2) is 76.4 Å². The molecule has 16 heteroatoms. The highest BCUT2D eigenvalue weighted by Gasteiger charge is 2.63. The topological polar surface area (TPSA) is 205 Å². The number of aliphatic carboxylic acids is 2. The maximum absolute atomic E-state index is 14.3. The molecule has 7 rings (SSSR count). The van der Waals surface area contributed by atoms with Gasteiger partial charge in [0.2, 0.25) is 0 Å². The van der Waals surface area contributed by atoms with Crippen LogP contribution in [0.25, 0.3) is 0 Å². The fourth-order valence-corrected chi connectivity index (χ4v) is 11.1. The Morgan fingerprint density at radius 2 is 1.39 bits per heavy atom. The van der Waals surface area contributed by atoms with Crippen LogP contribution in [-0.2, 0) is 44.7 Å². The molecule has 5 aliphatic rings. The molecule has 5 N–H and O–H groups in total. The van der Waals surface area contributed by atoms with Crippen LogP contribution in [0.1, 0.15) is 77.3 Å². The maximum Gasteiger partial charge on any atom is 0.363 e. The second-order valence-corrected chi connectivity index (χ2v) is 18.1. The third-order valence-corrected chi connectivity index (χ3v) is 14.0. The van der Waals surface area contributed by atoms with Gasteiger partial charge in [-0.25, -0.2) is 23.8 Å². The number of quaternary nitrogens is 2. The predicted molar refractivity (Wildman–Crippen MR) is 198 cm³/mol. The van der Waals surface area contributed by atoms with Gasteiger partial charge in [0, 0.05) is 47.1 Å². The summed E-state index contributed by atoms with van der Waals surface area (Å²) in [5.41, 5.74) is 1.95. The number of ketones is 1. The summed E-state index contributed by atoms with van der Waals surface area (Å²) in [5.74, 6) is -3.78. The first kappa shape index (κ1) is 38.4. The van der Waals surface area contributed by atoms with Gasteiger partial charge >= 0.3 is 11.9 Å². The normalized spacial score (nSPS) is 31.2. The molecule has 54 heavy (non-hydrogen) atoms. The monoisotopic (exact) mass is 784 g/mol. The lowest BCUT2D eigenvalue weighted by Gasteiger charge is -2.45. The minimum absolute atomic E-state index is 0.00285. The number of aliphatic hydroxyl groups excluding tert-OH is 1. The molecule has 0 aromatic heterocycles. The van der Waals surface area contributed by atoms with E-state index in [0.717, 1.165) is 29.7 Å². The molecule has 2 spiro atoms. The fourth-order valence-electron chi connectivity index (χ4n) is 10.2. The number of carbonyl (C=O) groups excluding carboxylic acids is 1. The van der Waals surface area contributed by atoms with E-state index in [0.29, 0.717) is 72.7 Å². The summed E-state index contributed by atoms with van der Waals surface area (Å²) in [4.78, 5) is 40.4. The third-order valence-electron chi connectivity index (χ3n) is 12.6. The number of fused-ring (bicyclic) bond motifs is 4. The molecule has 0 bridgehead atoms. The average molecular weight is 785 g/mol. The quantitative estimate of drug-likeness (QED) is 0.0655. The van der Waals surface area contributed by atoms with Gasteiger partial charge in [0.1, 0.15) is 34.4 Å². The van der Waals surface area contributed by atoms with Gasteiger partial charge < -0.3 is 15.3 Å². The van der Waals surface area contributed by atoms with E-state index >= 15 is 0 Å². The van der Waals surface area contributed by atoms with Gasteiger partial charge in [0.15, 0.2) is 17.9 Å². The molecule has 2 fully saturated rings. The van der Waals surface area contributed by atoms with Crippen molar-refractivity contribution in [2.24, 2.45) is 5.92 Å². The molecular weight excluding hydrogens is 741 g/mol. The Kier molecular flexibility index (Phi) is 9.33. The highest BCUT2D eigenvalue weighted by atomic mass is 32.2. The smallest absolute Gasteiger partial charge is 0.363 e. The van der Waals surface area contributed by atoms with Gasteiger partial charge in [-0.3, -0.25) is 9.35 Å². The lowest BCUT2D eigenvalue weighted by atomic mass is 9.75. The highest BCUT2D eigenvalue weighted by Crippen LogP contribution is 2.59. The van der Waals surface area contributed by atoms with Crippen LogP contribution in [0.3, 0.4) is 0 Å². The van der Waals surface area contributed by atoms with Crippen LogP contribution >= 0.6 is 12.0 Å². The summed E-state index contributed by atoms with van der Waals surface area (Å²) >= 11 is 0.781. The molecule has 4 heterocycles. The number of Topliss-reactive ketones (excluding diaryl/α,β-unsaturated/α-hetero) is 1. The molecule has 1 aliphatic carbocycles. The van der Waals surface area contributed by atoms with Crippen LogP contribution in [0.4, 0.5) is 11.4 Å². The lowest BCUT2D eigenvalue weighted by Crippen LogP contribution is -2.61. The van der Waals surface area contributed by atoms with Crippen LogP contribution in [0.2, 0.25) is 0 Å². The molecule has 14 nitrogen and oxygen atoms in total. The number of rotatable bonds is 8. The summed E-state index contributed by atoms with van der Waals surface area (Å²) in [6, 6.07) is 7.77. The Balaban J connectivity index is 1.39. The first-order chi connectivity index (χ1) is 25.3. The highest BCUT2D eigenvalue weighted by molar-refractivity contribution is 7.94. The standard InChI is InChI=1S/C38H42N2O12S2/c1-37(2)25-17-21(53-52-51-47)11-13-27(25)39(15-7-5-9-29(39)35(43)44)31(37)19-23-33(41)24(34(23)42)20-32-38(3,4)26-18-22(54(48,49)50)12-14-28(26)40(32)16-8-6-10-30(40)36(45)46/h11-14,17-20,23,29-30H,5-10,15-16H2,1-4H3,(H3-2,41,42,43,44,45,46,47,48,49,50)/p+2. The Morgan fingerprint density at radius 3 is 1.93 bits per heavy atom. The van der Waals surface area contributed by atoms with Crippen LogP contribution in [0, 0.1) is 5.92 Å². The maximum atomic E-state index is 14.3. The van der Waals surface area contributed by atoms with Crippen LogP contribution in [0.15, 0.2) is 81.1 Å². The molecule has 0 amide bonds. The molecule has 0 radical (unpaired) electrons. The van der Waals surface area contributed by atoms with Crippen molar-refractivity contribution in [3.63, 3.8) is 0 Å². The van der Waals surface area contributed by atoms with Gasteiger partial charge in [0.25, 0.3) is 10.1 Å². The molecule has 0 saturated carbocycles. The van der Waals surface area contributed by atoms with E-state index in [9.17, 15) is 42.7 Å². The van der Waals surface area contributed by atoms with Gasteiger partial charge in [-0.1, -0.05) is 5.04 Å². The zero-order valence-corrected chi connectivity index (χ0v) is 31.9. The minimum Gasteiger partial charge on any atom is -0.510 e. The van der Waals surface area contributed by atoms with Crippen molar-refractivity contribution in [1.29, 1.82) is 0 Å². The van der Waals surface area contributed by atoms with Crippen LogP contribution < -0.4 is 8.97 Å². The second kappa shape index (κ2) is 13.1. The van der Waals surface area contributed by atoms with E-state index in [2.05, 4.69) is 9.37 Å². The van der Waals surface area contributed by atoms with Crippen molar-refractivity contribution >= 4 is 51.3 Å². The number of benzene rings is 2. The zero-order valence-electron chi connectivity index (χ0n) is 30.3. The Hall–Kier alpha value is -3.87. The summed E-state index contributed by atoms with van der Waals surface area (Å²) in [6.07, 6.45) is 6.74. The van der Waals surface area contributed by atoms with Crippen molar-refractivity contribution < 1.29 is 57.3 Å². The van der Waals surface area contributed by atoms with Gasteiger partial charge in [-0.2, -0.15) is 8.42 Å². The number of carboxylic acid groups (broad SMARTS) is 2. The SMILES string of the molecule is CC1(C)C(=CC2C(=O)C(C=C3C(C)(C)c4cc(S(=O)(=O)O)ccc4[N+]34CCCCC4C(=O)O)=C2O)[N+]2(CCCCC2C(=O)O)c2ccc(SOOO)cc21. The number of piperidine rings is 2. The Bertz CT molecular complexity index is 2190. The Labute approximate surface area is 317 Å². The molecule has 2 aromatic rings. The van der Waals surface area contributed by atoms with Gasteiger partial charge in [-0.05, 0) is 83.7 Å². The summed E-state index contributed by atoms with van der Waals surface area (Å²) in [7, 11) is -4.59. The molecule has 5 unspecified atom stereocenters. The fraction of sp³-hybridized carbons (Fsp3) is 0.447. The molecular formula is C38H44N2O12S2+2. The summed E-state index contributed by atoms with van der Waals surface area (Å²) in [6.45, 7) is 8.32. The van der Waals surface area contributed by atoms with E-state index in [1.807, 2.05) is 39.8 Å². The van der Waals surface area contributed by atoms with Crippen molar-refractivity contribution in [3.8, 4) is 0 Å². The average Bonchev–Trinajstić information content (AvgIpc) is 3.41. The first-order valence-electron chi connectivity index (χ1n) is 17.9. The van der Waals surface area contributed by atoms with Crippen molar-refractivity contribution in [2.75, 3.05) is 13.1 Å². The van der Waals surface area contributed by atoms with Crippen molar-refractivity contribution in [1.82, 2.24) is 8.97 Å². The number of hydrogen-bond acceptors (Lipinski definition) is 10. The molecule has 2 aromatic carbocycles. The third kappa shape index (κ3) is 5.44. The second-order valence-electron chi connectivity index (χ2n) is 15.9. The minimum atomic E-state index is -4.59. The van der Waals surface area contributed by atoms with E-state index in [1.165, 1.54) is 12.1 Å². The van der Waals surface area contributed by atoms with Crippen LogP contribution in [0.5, 0.6) is 0 Å². The molecule has 2 saturated heterocycles. The van der Waals surface area contributed by atoms with E-state index < -0.39 is 56.7 Å². The van der Waals surface area contributed by atoms with E-state index in [-0.39, 0.29) is 25.2 Å². The number of hydrogen-bond donors (Lipinski definition) is 5. The number of allylic oxidation sites excluding steroid dienone is 5. The molecule has 4 aliphatic heterocycles. The Morgan fingerprint density at radius 1 is 0.852 bits per heavy atom.